The summed E-state index contributed by atoms with van der Waals surface area (Å²) in [5.41, 5.74) is 3.89. The summed E-state index contributed by atoms with van der Waals surface area (Å²) in [7, 11) is 0. The van der Waals surface area contributed by atoms with Crippen molar-refractivity contribution in [1.82, 2.24) is 19.5 Å². The van der Waals surface area contributed by atoms with Gasteiger partial charge < -0.3 is 10.3 Å². The number of carbonyl (C=O) groups excluding carboxylic acids is 1. The van der Waals surface area contributed by atoms with Crippen molar-refractivity contribution in [1.29, 1.82) is 0 Å². The molecule has 31 heavy (non-hydrogen) atoms. The molecule has 0 unspecified atom stereocenters. The maximum Gasteiger partial charge on any atom is 0.261 e. The number of hydrogen-bond donors (Lipinski definition) is 2. The lowest BCUT2D eigenvalue weighted by atomic mass is 10.1. The number of benzene rings is 2. The third kappa shape index (κ3) is 3.73. The third-order valence-electron chi connectivity index (χ3n) is 5.16. The van der Waals surface area contributed by atoms with Crippen LogP contribution in [0, 0.1) is 6.92 Å². The largest absolute Gasteiger partial charge is 0.337 e. The Bertz CT molecular complexity index is 1470. The van der Waals surface area contributed by atoms with Gasteiger partial charge in [0, 0.05) is 18.7 Å². The number of anilines is 1. The van der Waals surface area contributed by atoms with Crippen molar-refractivity contribution < 1.29 is 4.79 Å². The Labute approximate surface area is 181 Å². The molecule has 0 bridgehead atoms. The van der Waals surface area contributed by atoms with Crippen LogP contribution in [0.5, 0.6) is 0 Å². The molecule has 0 radical (unpaired) electrons. The van der Waals surface area contributed by atoms with E-state index in [0.717, 1.165) is 27.3 Å². The van der Waals surface area contributed by atoms with Crippen LogP contribution < -0.4 is 10.9 Å². The topological polar surface area (TPSA) is 92.7 Å². The summed E-state index contributed by atoms with van der Waals surface area (Å²) in [5.74, 6) is 0.639. The number of aromatic amines is 1. The molecule has 3 heterocycles. The van der Waals surface area contributed by atoms with Gasteiger partial charge in [-0.1, -0.05) is 18.2 Å². The molecule has 0 spiro atoms. The van der Waals surface area contributed by atoms with Gasteiger partial charge in [-0.3, -0.25) is 14.2 Å². The molecule has 8 heteroatoms. The van der Waals surface area contributed by atoms with Gasteiger partial charge in [0.25, 0.3) is 5.56 Å². The van der Waals surface area contributed by atoms with Crippen LogP contribution in [0.2, 0.25) is 0 Å². The molecule has 5 rings (SSSR count). The second-order valence-electron chi connectivity index (χ2n) is 7.31. The van der Waals surface area contributed by atoms with Crippen molar-refractivity contribution in [2.75, 3.05) is 5.32 Å². The fourth-order valence-electron chi connectivity index (χ4n) is 3.56. The van der Waals surface area contributed by atoms with Crippen LogP contribution in [-0.4, -0.2) is 25.4 Å². The number of hydrogen-bond acceptors (Lipinski definition) is 5. The minimum atomic E-state index is -0.173. The minimum absolute atomic E-state index is 0.138. The van der Waals surface area contributed by atoms with Crippen molar-refractivity contribution in [2.45, 2.75) is 19.9 Å². The van der Waals surface area contributed by atoms with Crippen molar-refractivity contribution in [3.8, 4) is 10.7 Å². The average molecular weight is 430 g/mol. The van der Waals surface area contributed by atoms with Crippen LogP contribution in [-0.2, 0) is 11.3 Å². The first-order valence-corrected chi connectivity index (χ1v) is 10.7. The zero-order valence-electron chi connectivity index (χ0n) is 16.8. The monoisotopic (exact) mass is 429 g/mol. The van der Waals surface area contributed by atoms with E-state index in [9.17, 15) is 9.59 Å². The average Bonchev–Trinajstić information content (AvgIpc) is 3.43. The molecular formula is C23H19N5O2S. The molecule has 2 N–H and O–H groups in total. The highest BCUT2D eigenvalue weighted by Crippen LogP contribution is 2.26. The van der Waals surface area contributed by atoms with E-state index < -0.39 is 0 Å². The van der Waals surface area contributed by atoms with E-state index in [4.69, 9.17) is 0 Å². The summed E-state index contributed by atoms with van der Waals surface area (Å²) >= 11 is 1.62. The first-order valence-electron chi connectivity index (χ1n) is 9.87. The zero-order valence-corrected chi connectivity index (χ0v) is 17.6. The molecule has 7 nitrogen and oxygen atoms in total. The van der Waals surface area contributed by atoms with E-state index in [1.54, 1.807) is 17.4 Å². The van der Waals surface area contributed by atoms with Gasteiger partial charge >= 0.3 is 0 Å². The number of nitrogens with zero attached hydrogens (tertiary/aromatic N) is 3. The van der Waals surface area contributed by atoms with E-state index >= 15 is 0 Å². The molecular weight excluding hydrogens is 410 g/mol. The highest BCUT2D eigenvalue weighted by Gasteiger charge is 2.10. The Morgan fingerprint density at radius 3 is 2.94 bits per heavy atom. The van der Waals surface area contributed by atoms with Gasteiger partial charge in [0.2, 0.25) is 5.91 Å². The maximum absolute atomic E-state index is 12.7. The van der Waals surface area contributed by atoms with Crippen LogP contribution in [0.1, 0.15) is 12.0 Å². The van der Waals surface area contributed by atoms with E-state index in [1.807, 2.05) is 54.8 Å². The van der Waals surface area contributed by atoms with E-state index in [-0.39, 0.29) is 24.4 Å². The Morgan fingerprint density at radius 1 is 1.19 bits per heavy atom. The van der Waals surface area contributed by atoms with Gasteiger partial charge in [0.1, 0.15) is 5.82 Å². The number of carbonyl (C=O) groups is 1. The first kappa shape index (κ1) is 19.2. The van der Waals surface area contributed by atoms with Crippen molar-refractivity contribution in [3.63, 3.8) is 0 Å². The van der Waals surface area contributed by atoms with Gasteiger partial charge in [0.15, 0.2) is 0 Å². The number of nitrogens with one attached hydrogen (secondary N) is 2. The van der Waals surface area contributed by atoms with Gasteiger partial charge in [0.05, 0.1) is 33.1 Å². The van der Waals surface area contributed by atoms with E-state index in [1.165, 1.54) is 10.9 Å². The Hall–Kier alpha value is -3.78. The van der Waals surface area contributed by atoms with Crippen LogP contribution in [0.3, 0.4) is 0 Å². The predicted octanol–water partition coefficient (Wildman–Crippen LogP) is 4.34. The standard InChI is InChI=1S/C23H19N5O2S/c1-14-4-2-5-16-21(14)24-13-28(23(16)30)10-9-20(29)25-15-7-8-17-18(12-15)27-22(26-17)19-6-3-11-31-19/h2-8,11-13H,9-10H2,1H3,(H,25,29)(H,26,27). The van der Waals surface area contributed by atoms with Crippen LogP contribution in [0.15, 0.2) is 65.0 Å². The molecule has 0 aliphatic heterocycles. The fraction of sp³-hybridized carbons (Fsp3) is 0.130. The highest BCUT2D eigenvalue weighted by molar-refractivity contribution is 7.13. The third-order valence-corrected chi connectivity index (χ3v) is 6.03. The lowest BCUT2D eigenvalue weighted by Gasteiger charge is -2.08. The number of para-hydroxylation sites is 1. The van der Waals surface area contributed by atoms with Crippen molar-refractivity contribution in [2.24, 2.45) is 0 Å². The molecule has 0 aliphatic rings. The number of fused-ring (bicyclic) bond motifs is 2. The number of imidazole rings is 1. The zero-order chi connectivity index (χ0) is 21.4. The molecule has 1 amide bonds. The lowest BCUT2D eigenvalue weighted by molar-refractivity contribution is -0.116. The summed E-state index contributed by atoms with van der Waals surface area (Å²) in [4.78, 5) is 38.5. The number of amides is 1. The quantitative estimate of drug-likeness (QED) is 0.435. The first-order chi connectivity index (χ1) is 15.1. The summed E-state index contributed by atoms with van der Waals surface area (Å²) in [5, 5.41) is 5.46. The smallest absolute Gasteiger partial charge is 0.261 e. The second kappa shape index (κ2) is 7.81. The molecule has 154 valence electrons. The van der Waals surface area contributed by atoms with Crippen LogP contribution in [0.4, 0.5) is 5.69 Å². The Kier molecular flexibility index (Phi) is 4.83. The molecule has 0 saturated heterocycles. The van der Waals surface area contributed by atoms with Gasteiger partial charge in [-0.25, -0.2) is 9.97 Å². The van der Waals surface area contributed by atoms with E-state index in [0.29, 0.717) is 16.6 Å². The van der Waals surface area contributed by atoms with Gasteiger partial charge in [-0.2, -0.15) is 0 Å². The number of thiophene rings is 1. The summed E-state index contributed by atoms with van der Waals surface area (Å²) in [6.45, 7) is 2.18. The molecule has 0 saturated carbocycles. The number of rotatable bonds is 5. The summed E-state index contributed by atoms with van der Waals surface area (Å²) < 4.78 is 1.48. The van der Waals surface area contributed by atoms with Gasteiger partial charge in [-0.15, -0.1) is 11.3 Å². The maximum atomic E-state index is 12.7. The lowest BCUT2D eigenvalue weighted by Crippen LogP contribution is -2.23. The Balaban J connectivity index is 1.29. The van der Waals surface area contributed by atoms with Crippen LogP contribution in [0.25, 0.3) is 32.6 Å². The molecule has 0 aliphatic carbocycles. The second-order valence-corrected chi connectivity index (χ2v) is 8.25. The fourth-order valence-corrected chi connectivity index (χ4v) is 4.23. The SMILES string of the molecule is Cc1cccc2c(=O)n(CCC(=O)Nc3ccc4nc(-c5cccs5)[nH]c4c3)cnc12. The number of aryl methyl sites for hydroxylation is 2. The van der Waals surface area contributed by atoms with Crippen LogP contribution >= 0.6 is 11.3 Å². The van der Waals surface area contributed by atoms with E-state index in [2.05, 4.69) is 20.3 Å². The van der Waals surface area contributed by atoms with Gasteiger partial charge in [-0.05, 0) is 48.2 Å². The normalized spacial score (nSPS) is 11.3. The molecule has 0 atom stereocenters. The molecule has 5 aromatic rings. The number of H-pyrrole nitrogens is 1. The summed E-state index contributed by atoms with van der Waals surface area (Å²) in [6.07, 6.45) is 1.67. The predicted molar refractivity (Wildman–Crippen MR) is 123 cm³/mol. The Morgan fingerprint density at radius 2 is 2.10 bits per heavy atom. The highest BCUT2D eigenvalue weighted by atomic mass is 32.1. The number of aromatic nitrogens is 4. The summed E-state index contributed by atoms with van der Waals surface area (Å²) in [6, 6.07) is 15.1. The minimum Gasteiger partial charge on any atom is -0.337 e. The molecule has 0 fully saturated rings. The molecule has 2 aromatic carbocycles. The molecule has 3 aromatic heterocycles. The van der Waals surface area contributed by atoms with Crippen molar-refractivity contribution in [3.05, 3.63) is 76.2 Å². The van der Waals surface area contributed by atoms with Crippen molar-refractivity contribution >= 4 is 44.9 Å².